The zero-order valence-electron chi connectivity index (χ0n) is 26.5. The van der Waals surface area contributed by atoms with Gasteiger partial charge in [0, 0.05) is 21.2 Å². The minimum Gasteiger partial charge on any atom is -0.208 e. The fraction of sp³-hybridized carbons (Fsp3) is 0. The number of benzene rings is 7. The summed E-state index contributed by atoms with van der Waals surface area (Å²) in [4.78, 5) is 15.5. The van der Waals surface area contributed by atoms with Crippen molar-refractivity contribution in [2.75, 3.05) is 0 Å². The molecule has 8 aromatic rings. The first-order valence-electron chi connectivity index (χ1n) is 16.2. The van der Waals surface area contributed by atoms with Crippen LogP contribution in [0.1, 0.15) is 0 Å². The van der Waals surface area contributed by atoms with Crippen molar-refractivity contribution in [1.29, 1.82) is 0 Å². The molecule has 3 nitrogen and oxygen atoms in total. The van der Waals surface area contributed by atoms with Gasteiger partial charge in [0.05, 0.1) is 0 Å². The van der Waals surface area contributed by atoms with Crippen molar-refractivity contribution in [2.45, 2.75) is 0 Å². The van der Waals surface area contributed by atoms with E-state index in [0.717, 1.165) is 65.7 Å². The number of halogens is 1. The first kappa shape index (κ1) is 30.4. The summed E-state index contributed by atoms with van der Waals surface area (Å²) in [6.07, 6.45) is 0. The summed E-state index contributed by atoms with van der Waals surface area (Å²) in [5, 5.41) is 0. The Bertz CT molecular complexity index is 2100. The van der Waals surface area contributed by atoms with Gasteiger partial charge in [0.2, 0.25) is 0 Å². The van der Waals surface area contributed by atoms with E-state index in [1.165, 1.54) is 0 Å². The van der Waals surface area contributed by atoms with Gasteiger partial charge in [-0.05, 0) is 93.0 Å². The maximum absolute atomic E-state index is 5.22. The average Bonchev–Trinajstić information content (AvgIpc) is 3.19. The lowest BCUT2D eigenvalue weighted by Crippen LogP contribution is -2.01. The second-order valence-electron chi connectivity index (χ2n) is 11.9. The number of rotatable bonds is 7. The fourth-order valence-electron chi connectivity index (χ4n) is 6.06. The first-order chi connectivity index (χ1) is 24.2. The molecule has 4 heteroatoms. The molecule has 0 aliphatic carbocycles. The second-order valence-corrected chi connectivity index (χ2v) is 12.8. The van der Waals surface area contributed by atoms with E-state index in [1.54, 1.807) is 0 Å². The third-order valence-electron chi connectivity index (χ3n) is 8.55. The number of aromatic nitrogens is 3. The Morgan fingerprint density at radius 2 is 0.510 bits per heavy atom. The van der Waals surface area contributed by atoms with E-state index in [9.17, 15) is 0 Å². The van der Waals surface area contributed by atoms with Crippen LogP contribution in [0, 0.1) is 0 Å². The van der Waals surface area contributed by atoms with Crippen molar-refractivity contribution >= 4 is 15.9 Å². The standard InChI is InChI=1S/C45H30BrN3/c46-42-23-21-35(22-24-42)43-47-44(40-27-36(31-13-5-1-6-14-31)25-37(28-40)32-15-7-2-8-16-32)49-45(48-43)41-29-38(33-17-9-3-10-18-33)26-39(30-41)34-19-11-4-12-20-34/h1-30H. The molecule has 1 heterocycles. The molecular formula is C45H30BrN3. The highest BCUT2D eigenvalue weighted by Crippen LogP contribution is 2.36. The van der Waals surface area contributed by atoms with Crippen LogP contribution in [0.25, 0.3) is 78.7 Å². The molecule has 0 aliphatic rings. The van der Waals surface area contributed by atoms with Gasteiger partial charge in [0.1, 0.15) is 0 Å². The molecule has 0 saturated heterocycles. The van der Waals surface area contributed by atoms with Crippen LogP contribution in [-0.2, 0) is 0 Å². The van der Waals surface area contributed by atoms with Crippen molar-refractivity contribution in [2.24, 2.45) is 0 Å². The Kier molecular flexibility index (Phi) is 8.45. The molecule has 7 aromatic carbocycles. The summed E-state index contributed by atoms with van der Waals surface area (Å²) in [6, 6.07) is 63.2. The first-order valence-corrected chi connectivity index (χ1v) is 17.0. The predicted molar refractivity (Wildman–Crippen MR) is 206 cm³/mol. The van der Waals surface area contributed by atoms with E-state index in [-0.39, 0.29) is 0 Å². The predicted octanol–water partition coefficient (Wildman–Crippen LogP) is 12.3. The minimum absolute atomic E-state index is 0.615. The maximum Gasteiger partial charge on any atom is 0.164 e. The van der Waals surface area contributed by atoms with Crippen LogP contribution in [-0.4, -0.2) is 15.0 Å². The van der Waals surface area contributed by atoms with Crippen LogP contribution >= 0.6 is 15.9 Å². The van der Waals surface area contributed by atoms with Gasteiger partial charge in [-0.3, -0.25) is 0 Å². The van der Waals surface area contributed by atoms with Crippen LogP contribution in [0.3, 0.4) is 0 Å². The molecule has 0 bridgehead atoms. The van der Waals surface area contributed by atoms with Crippen LogP contribution in [0.4, 0.5) is 0 Å². The minimum atomic E-state index is 0.615. The lowest BCUT2D eigenvalue weighted by molar-refractivity contribution is 1.07. The van der Waals surface area contributed by atoms with Crippen LogP contribution in [0.15, 0.2) is 186 Å². The molecule has 0 fully saturated rings. The van der Waals surface area contributed by atoms with Crippen LogP contribution < -0.4 is 0 Å². The second kappa shape index (κ2) is 13.6. The van der Waals surface area contributed by atoms with Gasteiger partial charge in [-0.2, -0.15) is 0 Å². The third kappa shape index (κ3) is 6.73. The molecule has 0 saturated carbocycles. The van der Waals surface area contributed by atoms with Crippen molar-refractivity contribution in [3.63, 3.8) is 0 Å². The van der Waals surface area contributed by atoms with E-state index in [0.29, 0.717) is 17.5 Å². The molecule has 0 atom stereocenters. The molecule has 0 radical (unpaired) electrons. The van der Waals surface area contributed by atoms with E-state index in [1.807, 2.05) is 48.5 Å². The smallest absolute Gasteiger partial charge is 0.164 e. The van der Waals surface area contributed by atoms with E-state index in [2.05, 4.69) is 149 Å². The van der Waals surface area contributed by atoms with E-state index < -0.39 is 0 Å². The largest absolute Gasteiger partial charge is 0.208 e. The van der Waals surface area contributed by atoms with Gasteiger partial charge >= 0.3 is 0 Å². The lowest BCUT2D eigenvalue weighted by atomic mass is 9.95. The molecule has 8 rings (SSSR count). The Hall–Kier alpha value is -5.97. The Morgan fingerprint density at radius 1 is 0.245 bits per heavy atom. The third-order valence-corrected chi connectivity index (χ3v) is 9.08. The van der Waals surface area contributed by atoms with Gasteiger partial charge in [-0.25, -0.2) is 15.0 Å². The summed E-state index contributed by atoms with van der Waals surface area (Å²) >= 11 is 3.59. The summed E-state index contributed by atoms with van der Waals surface area (Å²) in [7, 11) is 0. The topological polar surface area (TPSA) is 38.7 Å². The molecule has 0 aliphatic heterocycles. The van der Waals surface area contributed by atoms with Crippen molar-refractivity contribution in [1.82, 2.24) is 15.0 Å². The monoisotopic (exact) mass is 691 g/mol. The Labute approximate surface area is 294 Å². The molecule has 0 spiro atoms. The fourth-order valence-corrected chi connectivity index (χ4v) is 6.33. The maximum atomic E-state index is 5.22. The van der Waals surface area contributed by atoms with Crippen LogP contribution in [0.5, 0.6) is 0 Å². The van der Waals surface area contributed by atoms with Gasteiger partial charge in [-0.15, -0.1) is 0 Å². The van der Waals surface area contributed by atoms with Gasteiger partial charge < -0.3 is 0 Å². The summed E-state index contributed by atoms with van der Waals surface area (Å²) in [6.45, 7) is 0. The van der Waals surface area contributed by atoms with Crippen LogP contribution in [0.2, 0.25) is 0 Å². The number of nitrogens with zero attached hydrogens (tertiary/aromatic N) is 3. The van der Waals surface area contributed by atoms with Crippen molar-refractivity contribution < 1.29 is 0 Å². The zero-order chi connectivity index (χ0) is 33.0. The molecule has 1 aromatic heterocycles. The van der Waals surface area contributed by atoms with Crippen molar-refractivity contribution in [3.05, 3.63) is 186 Å². The molecule has 232 valence electrons. The summed E-state index contributed by atoms with van der Waals surface area (Å²) in [5.41, 5.74) is 11.7. The molecule has 0 N–H and O–H groups in total. The highest BCUT2D eigenvalue weighted by Gasteiger charge is 2.16. The lowest BCUT2D eigenvalue weighted by Gasteiger charge is -2.14. The molecular weight excluding hydrogens is 662 g/mol. The Morgan fingerprint density at radius 3 is 0.816 bits per heavy atom. The molecule has 49 heavy (non-hydrogen) atoms. The van der Waals surface area contributed by atoms with E-state index >= 15 is 0 Å². The van der Waals surface area contributed by atoms with Gasteiger partial charge in [0.15, 0.2) is 17.5 Å². The molecule has 0 amide bonds. The average molecular weight is 693 g/mol. The van der Waals surface area contributed by atoms with Gasteiger partial charge in [0.25, 0.3) is 0 Å². The number of hydrogen-bond acceptors (Lipinski definition) is 3. The highest BCUT2D eigenvalue weighted by atomic mass is 79.9. The van der Waals surface area contributed by atoms with Gasteiger partial charge in [-0.1, -0.05) is 149 Å². The quantitative estimate of drug-likeness (QED) is 0.167. The summed E-state index contributed by atoms with van der Waals surface area (Å²) < 4.78 is 0.997. The normalized spacial score (nSPS) is 11.0. The van der Waals surface area contributed by atoms with E-state index in [4.69, 9.17) is 15.0 Å². The highest BCUT2D eigenvalue weighted by molar-refractivity contribution is 9.10. The summed E-state index contributed by atoms with van der Waals surface area (Å²) in [5.74, 6) is 1.85. The molecule has 0 unspecified atom stereocenters. The number of hydrogen-bond donors (Lipinski definition) is 0. The van der Waals surface area contributed by atoms with Crippen molar-refractivity contribution in [3.8, 4) is 78.7 Å². The zero-order valence-corrected chi connectivity index (χ0v) is 28.1. The Balaban J connectivity index is 1.37. The SMILES string of the molecule is Brc1ccc(-c2nc(-c3cc(-c4ccccc4)cc(-c4ccccc4)c3)nc(-c3cc(-c4ccccc4)cc(-c4ccccc4)c3)n2)cc1.